The second-order valence-corrected chi connectivity index (χ2v) is 5.29. The lowest BCUT2D eigenvalue weighted by atomic mass is 9.54. The number of hydrogen-bond donors (Lipinski definition) is 1. The van der Waals surface area contributed by atoms with Gasteiger partial charge in [0.1, 0.15) is 5.60 Å². The number of hydrogen-bond acceptors (Lipinski definition) is 2. The number of terminal acetylenes is 1. The highest BCUT2D eigenvalue weighted by Gasteiger charge is 2.57. The first-order valence-corrected chi connectivity index (χ1v) is 6.30. The molecule has 2 rings (SSSR count). The highest BCUT2D eigenvalue weighted by molar-refractivity contribution is 5.28. The summed E-state index contributed by atoms with van der Waals surface area (Å²) in [7, 11) is 0. The normalized spacial score (nSPS) is 28.2. The van der Waals surface area contributed by atoms with E-state index in [1.165, 1.54) is 6.42 Å². The van der Waals surface area contributed by atoms with Gasteiger partial charge in [-0.1, -0.05) is 25.2 Å². The number of rotatable bonds is 2. The Labute approximate surface area is 97.7 Å². The van der Waals surface area contributed by atoms with Crippen LogP contribution in [-0.4, -0.2) is 10.7 Å². The minimum atomic E-state index is -1.18. The maximum Gasteiger partial charge on any atom is 0.146 e. The van der Waals surface area contributed by atoms with Crippen LogP contribution >= 0.6 is 0 Å². The van der Waals surface area contributed by atoms with Crippen LogP contribution in [0.4, 0.5) is 0 Å². The van der Waals surface area contributed by atoms with Gasteiger partial charge in [-0.25, -0.2) is 0 Å². The Morgan fingerprint density at radius 1 is 1.19 bits per heavy atom. The van der Waals surface area contributed by atoms with Gasteiger partial charge in [-0.05, 0) is 32.1 Å². The fourth-order valence-electron chi connectivity index (χ4n) is 3.28. The van der Waals surface area contributed by atoms with E-state index in [-0.39, 0.29) is 5.92 Å². The van der Waals surface area contributed by atoms with Crippen LogP contribution in [0.2, 0.25) is 0 Å². The van der Waals surface area contributed by atoms with Gasteiger partial charge in [0.15, 0.2) is 0 Å². The molecular formula is C14H19NO. The van der Waals surface area contributed by atoms with E-state index < -0.39 is 11.0 Å². The van der Waals surface area contributed by atoms with E-state index >= 15 is 0 Å². The third-order valence-corrected chi connectivity index (χ3v) is 4.57. The number of aliphatic hydroxyl groups is 1. The van der Waals surface area contributed by atoms with E-state index in [0.29, 0.717) is 0 Å². The zero-order valence-electron chi connectivity index (χ0n) is 9.71. The third kappa shape index (κ3) is 1.45. The summed E-state index contributed by atoms with van der Waals surface area (Å²) in [6.07, 6.45) is 13.6. The molecule has 0 aromatic carbocycles. The van der Waals surface area contributed by atoms with Crippen molar-refractivity contribution in [3.05, 3.63) is 0 Å². The summed E-state index contributed by atoms with van der Waals surface area (Å²) in [4.78, 5) is 0. The Hall–Kier alpha value is -0.990. The van der Waals surface area contributed by atoms with Gasteiger partial charge >= 0.3 is 0 Å². The predicted molar refractivity (Wildman–Crippen MR) is 62.3 cm³/mol. The van der Waals surface area contributed by atoms with Crippen molar-refractivity contribution in [3.8, 4) is 18.4 Å². The molecule has 86 valence electrons. The molecule has 0 amide bonds. The monoisotopic (exact) mass is 217 g/mol. The van der Waals surface area contributed by atoms with Crippen molar-refractivity contribution >= 4 is 0 Å². The van der Waals surface area contributed by atoms with Crippen LogP contribution < -0.4 is 0 Å². The van der Waals surface area contributed by atoms with Crippen molar-refractivity contribution < 1.29 is 5.11 Å². The molecule has 0 radical (unpaired) electrons. The molecule has 2 aliphatic carbocycles. The lowest BCUT2D eigenvalue weighted by Gasteiger charge is -2.50. The zero-order chi connectivity index (χ0) is 11.6. The van der Waals surface area contributed by atoms with Crippen molar-refractivity contribution in [3.63, 3.8) is 0 Å². The van der Waals surface area contributed by atoms with Crippen LogP contribution in [0.15, 0.2) is 0 Å². The Kier molecular flexibility index (Phi) is 2.96. The van der Waals surface area contributed by atoms with E-state index in [1.54, 1.807) is 0 Å². The maximum atomic E-state index is 10.8. The van der Waals surface area contributed by atoms with Gasteiger partial charge in [0.2, 0.25) is 0 Å². The molecule has 0 heterocycles. The second kappa shape index (κ2) is 4.11. The SMILES string of the molecule is C#C[C@@](O)(C1CCCCC1)C1(C#N)CCC1. The van der Waals surface area contributed by atoms with Crippen molar-refractivity contribution in [1.29, 1.82) is 5.26 Å². The van der Waals surface area contributed by atoms with E-state index in [0.717, 1.165) is 44.9 Å². The van der Waals surface area contributed by atoms with Crippen LogP contribution in [0.25, 0.3) is 0 Å². The first-order valence-electron chi connectivity index (χ1n) is 6.30. The van der Waals surface area contributed by atoms with Crippen molar-refractivity contribution in [2.45, 2.75) is 57.0 Å². The maximum absolute atomic E-state index is 10.8. The molecule has 0 aliphatic heterocycles. The van der Waals surface area contributed by atoms with Gasteiger partial charge in [-0.2, -0.15) is 5.26 Å². The lowest BCUT2D eigenvalue weighted by molar-refractivity contribution is -0.0976. The Balaban J connectivity index is 2.25. The molecule has 0 bridgehead atoms. The first kappa shape index (κ1) is 11.5. The molecule has 2 nitrogen and oxygen atoms in total. The summed E-state index contributed by atoms with van der Waals surface area (Å²) in [5.41, 5.74) is -1.83. The van der Waals surface area contributed by atoms with Gasteiger partial charge in [-0.15, -0.1) is 6.42 Å². The fourth-order valence-corrected chi connectivity index (χ4v) is 3.28. The molecule has 2 fully saturated rings. The minimum absolute atomic E-state index is 0.131. The lowest BCUT2D eigenvalue weighted by Crippen LogP contribution is -2.55. The Morgan fingerprint density at radius 2 is 1.81 bits per heavy atom. The molecule has 16 heavy (non-hydrogen) atoms. The van der Waals surface area contributed by atoms with Crippen molar-refractivity contribution in [2.24, 2.45) is 11.3 Å². The summed E-state index contributed by atoms with van der Waals surface area (Å²) in [5.74, 6) is 2.71. The molecule has 0 aromatic heterocycles. The van der Waals surface area contributed by atoms with Crippen LogP contribution in [-0.2, 0) is 0 Å². The van der Waals surface area contributed by atoms with Gasteiger partial charge in [0, 0.05) is 5.92 Å². The van der Waals surface area contributed by atoms with Gasteiger partial charge < -0.3 is 5.11 Å². The highest BCUT2D eigenvalue weighted by atomic mass is 16.3. The van der Waals surface area contributed by atoms with E-state index in [2.05, 4.69) is 12.0 Å². The van der Waals surface area contributed by atoms with Gasteiger partial charge in [0.25, 0.3) is 0 Å². The molecule has 1 atom stereocenters. The second-order valence-electron chi connectivity index (χ2n) is 5.29. The van der Waals surface area contributed by atoms with Crippen LogP contribution in [0.1, 0.15) is 51.4 Å². The molecule has 0 aromatic rings. The standard InChI is InChI=1S/C14H19NO/c1-2-14(16,12-7-4-3-5-8-12)13(11-15)9-6-10-13/h1,12,16H,3-10H2/t14-/m1/s1. The molecule has 2 saturated carbocycles. The summed E-state index contributed by atoms with van der Waals surface area (Å²) in [5, 5.41) is 20.1. The van der Waals surface area contributed by atoms with Crippen LogP contribution in [0.5, 0.6) is 0 Å². The summed E-state index contributed by atoms with van der Waals surface area (Å²) >= 11 is 0. The minimum Gasteiger partial charge on any atom is -0.376 e. The molecule has 0 saturated heterocycles. The number of nitriles is 1. The molecule has 1 N–H and O–H groups in total. The van der Waals surface area contributed by atoms with E-state index in [4.69, 9.17) is 6.42 Å². The summed E-state index contributed by atoms with van der Waals surface area (Å²) in [6.45, 7) is 0. The average molecular weight is 217 g/mol. The highest BCUT2D eigenvalue weighted by Crippen LogP contribution is 2.53. The van der Waals surface area contributed by atoms with Gasteiger partial charge in [-0.3, -0.25) is 0 Å². The Bertz CT molecular complexity index is 339. The van der Waals surface area contributed by atoms with Gasteiger partial charge in [0.05, 0.1) is 11.5 Å². The quantitative estimate of drug-likeness (QED) is 0.723. The average Bonchev–Trinajstić information content (AvgIpc) is 2.29. The van der Waals surface area contributed by atoms with E-state index in [1.807, 2.05) is 0 Å². The van der Waals surface area contributed by atoms with Crippen molar-refractivity contribution in [1.82, 2.24) is 0 Å². The third-order valence-electron chi connectivity index (χ3n) is 4.57. The molecule has 0 spiro atoms. The predicted octanol–water partition coefficient (Wildman–Crippen LogP) is 2.62. The number of nitrogens with zero attached hydrogens (tertiary/aromatic N) is 1. The largest absolute Gasteiger partial charge is 0.376 e. The molecular weight excluding hydrogens is 198 g/mol. The summed E-state index contributed by atoms with van der Waals surface area (Å²) < 4.78 is 0. The first-order chi connectivity index (χ1) is 7.68. The summed E-state index contributed by atoms with van der Waals surface area (Å²) in [6, 6.07) is 2.31. The molecule has 0 unspecified atom stereocenters. The van der Waals surface area contributed by atoms with Crippen LogP contribution in [0.3, 0.4) is 0 Å². The fraction of sp³-hybridized carbons (Fsp3) is 0.786. The Morgan fingerprint density at radius 3 is 2.19 bits per heavy atom. The zero-order valence-corrected chi connectivity index (χ0v) is 9.71. The topological polar surface area (TPSA) is 44.0 Å². The molecule has 2 heteroatoms. The van der Waals surface area contributed by atoms with E-state index in [9.17, 15) is 10.4 Å². The molecule has 2 aliphatic rings. The van der Waals surface area contributed by atoms with Crippen LogP contribution in [0, 0.1) is 35.0 Å². The van der Waals surface area contributed by atoms with Crippen molar-refractivity contribution in [2.75, 3.05) is 0 Å². The smallest absolute Gasteiger partial charge is 0.146 e.